The average Bonchev–Trinajstić information content (AvgIpc) is 3.13. The normalized spacial score (nSPS) is 16.1. The van der Waals surface area contributed by atoms with E-state index in [1.807, 2.05) is 13.8 Å². The van der Waals surface area contributed by atoms with E-state index in [1.165, 1.54) is 35.4 Å². The number of amides is 2. The van der Waals surface area contributed by atoms with Crippen LogP contribution in [0.3, 0.4) is 0 Å². The molecule has 0 bridgehead atoms. The van der Waals surface area contributed by atoms with E-state index in [2.05, 4.69) is 26.5 Å². The fraction of sp³-hybridized carbons (Fsp3) is 0.318. The van der Waals surface area contributed by atoms with E-state index >= 15 is 0 Å². The summed E-state index contributed by atoms with van der Waals surface area (Å²) < 4.78 is 25.0. The van der Waals surface area contributed by atoms with Gasteiger partial charge in [-0.15, -0.1) is 0 Å². The molecule has 1 atom stereocenters. The molecule has 1 aliphatic rings. The smallest absolute Gasteiger partial charge is 0.245 e. The molecule has 0 spiro atoms. The number of hydrogen-bond acceptors (Lipinski definition) is 5. The molecular weight excluding hydrogens is 469 g/mol. The molecule has 1 aliphatic heterocycles. The van der Waals surface area contributed by atoms with Gasteiger partial charge in [-0.3, -0.25) is 9.59 Å². The number of carbonyl (C=O) groups excluding carboxylic acids is 2. The van der Waals surface area contributed by atoms with Crippen LogP contribution in [0.1, 0.15) is 25.8 Å². The van der Waals surface area contributed by atoms with Gasteiger partial charge in [0, 0.05) is 18.7 Å². The number of anilines is 1. The number of rotatable bonds is 8. The molecular formula is C22H23BrFN3O4. The predicted molar refractivity (Wildman–Crippen MR) is 119 cm³/mol. The second kappa shape index (κ2) is 10.4. The topological polar surface area (TPSA) is 80.2 Å². The maximum atomic E-state index is 13.1. The molecule has 2 amide bonds. The first-order chi connectivity index (χ1) is 14.9. The van der Waals surface area contributed by atoms with Crippen LogP contribution in [0.5, 0.6) is 11.5 Å². The maximum absolute atomic E-state index is 13.1. The number of ether oxygens (including phenoxy) is 2. The van der Waals surface area contributed by atoms with Gasteiger partial charge in [0.1, 0.15) is 5.82 Å². The minimum atomic E-state index is -0.541. The predicted octanol–water partition coefficient (Wildman–Crippen LogP) is 3.89. The minimum Gasteiger partial charge on any atom is -0.490 e. The van der Waals surface area contributed by atoms with Crippen molar-refractivity contribution in [1.82, 2.24) is 5.43 Å². The summed E-state index contributed by atoms with van der Waals surface area (Å²) in [6, 6.07) is 9.18. The lowest BCUT2D eigenvalue weighted by molar-refractivity contribution is -0.126. The van der Waals surface area contributed by atoms with Crippen molar-refractivity contribution in [2.75, 3.05) is 24.7 Å². The van der Waals surface area contributed by atoms with Crippen molar-refractivity contribution >= 4 is 39.6 Å². The van der Waals surface area contributed by atoms with Gasteiger partial charge in [-0.05, 0) is 71.7 Å². The van der Waals surface area contributed by atoms with Crippen molar-refractivity contribution in [1.29, 1.82) is 0 Å². The average molecular weight is 492 g/mol. The SMILES string of the molecule is CCOc1cc(/C=N\NC(=O)[C@@H]2CC(=O)N(c3ccc(F)cc3)C2)cc(Br)c1OCC. The Morgan fingerprint density at radius 2 is 1.97 bits per heavy atom. The Morgan fingerprint density at radius 1 is 1.26 bits per heavy atom. The first kappa shape index (κ1) is 22.7. The summed E-state index contributed by atoms with van der Waals surface area (Å²) in [5.41, 5.74) is 3.76. The molecule has 2 aromatic carbocycles. The summed E-state index contributed by atoms with van der Waals surface area (Å²) in [6.45, 7) is 4.96. The number of nitrogens with one attached hydrogen (secondary N) is 1. The summed E-state index contributed by atoms with van der Waals surface area (Å²) in [7, 11) is 0. The molecule has 0 aliphatic carbocycles. The summed E-state index contributed by atoms with van der Waals surface area (Å²) in [6.07, 6.45) is 1.57. The van der Waals surface area contributed by atoms with Crippen LogP contribution < -0.4 is 19.8 Å². The molecule has 0 aromatic heterocycles. The van der Waals surface area contributed by atoms with Gasteiger partial charge in [0.15, 0.2) is 11.5 Å². The first-order valence-electron chi connectivity index (χ1n) is 9.90. The second-order valence-corrected chi connectivity index (χ2v) is 7.67. The highest BCUT2D eigenvalue weighted by molar-refractivity contribution is 9.10. The Balaban J connectivity index is 1.64. The van der Waals surface area contributed by atoms with Crippen LogP contribution in [0.2, 0.25) is 0 Å². The summed E-state index contributed by atoms with van der Waals surface area (Å²) in [4.78, 5) is 26.2. The van der Waals surface area contributed by atoms with Gasteiger partial charge in [0.2, 0.25) is 11.8 Å². The number of carbonyl (C=O) groups is 2. The highest BCUT2D eigenvalue weighted by atomic mass is 79.9. The lowest BCUT2D eigenvalue weighted by Gasteiger charge is -2.16. The summed E-state index contributed by atoms with van der Waals surface area (Å²) in [5, 5.41) is 4.02. The van der Waals surface area contributed by atoms with E-state index in [0.29, 0.717) is 40.4 Å². The van der Waals surface area contributed by atoms with Crippen LogP contribution in [0.4, 0.5) is 10.1 Å². The van der Waals surface area contributed by atoms with Crippen LogP contribution in [0.25, 0.3) is 0 Å². The molecule has 31 heavy (non-hydrogen) atoms. The third kappa shape index (κ3) is 5.61. The highest BCUT2D eigenvalue weighted by Crippen LogP contribution is 2.36. The number of hydrogen-bond donors (Lipinski definition) is 1. The number of hydrazone groups is 1. The Hall–Kier alpha value is -2.94. The highest BCUT2D eigenvalue weighted by Gasteiger charge is 2.35. The number of nitrogens with zero attached hydrogens (tertiary/aromatic N) is 2. The van der Waals surface area contributed by atoms with Crippen LogP contribution in [-0.2, 0) is 9.59 Å². The van der Waals surface area contributed by atoms with Crippen LogP contribution in [0.15, 0.2) is 46.0 Å². The Bertz CT molecular complexity index is 981. The molecule has 1 saturated heterocycles. The largest absolute Gasteiger partial charge is 0.490 e. The van der Waals surface area contributed by atoms with E-state index in [9.17, 15) is 14.0 Å². The van der Waals surface area contributed by atoms with Crippen LogP contribution >= 0.6 is 15.9 Å². The fourth-order valence-corrected chi connectivity index (χ4v) is 3.80. The zero-order valence-electron chi connectivity index (χ0n) is 17.2. The molecule has 1 heterocycles. The molecule has 9 heteroatoms. The van der Waals surface area contributed by atoms with Gasteiger partial charge in [0.05, 0.1) is 29.8 Å². The van der Waals surface area contributed by atoms with Crippen molar-refractivity contribution in [3.63, 3.8) is 0 Å². The zero-order chi connectivity index (χ0) is 22.4. The summed E-state index contributed by atoms with van der Waals surface area (Å²) in [5.74, 6) is -0.288. The molecule has 1 fully saturated rings. The molecule has 2 aromatic rings. The van der Waals surface area contributed by atoms with Gasteiger partial charge in [-0.25, -0.2) is 9.82 Å². The lowest BCUT2D eigenvalue weighted by atomic mass is 10.1. The maximum Gasteiger partial charge on any atom is 0.245 e. The third-order valence-corrected chi connectivity index (χ3v) is 5.23. The van der Waals surface area contributed by atoms with E-state index in [-0.39, 0.29) is 30.6 Å². The van der Waals surface area contributed by atoms with Gasteiger partial charge in [-0.1, -0.05) is 0 Å². The third-order valence-electron chi connectivity index (χ3n) is 4.64. The Morgan fingerprint density at radius 3 is 2.65 bits per heavy atom. The number of halogens is 2. The quantitative estimate of drug-likeness (QED) is 0.448. The first-order valence-corrected chi connectivity index (χ1v) is 10.7. The van der Waals surface area contributed by atoms with Crippen molar-refractivity contribution in [2.24, 2.45) is 11.0 Å². The number of benzene rings is 2. The lowest BCUT2D eigenvalue weighted by Crippen LogP contribution is -2.30. The van der Waals surface area contributed by atoms with E-state index in [4.69, 9.17) is 9.47 Å². The van der Waals surface area contributed by atoms with E-state index < -0.39 is 5.92 Å². The van der Waals surface area contributed by atoms with Crippen molar-refractivity contribution in [2.45, 2.75) is 20.3 Å². The summed E-state index contributed by atoms with van der Waals surface area (Å²) >= 11 is 3.46. The minimum absolute atomic E-state index is 0.0712. The fourth-order valence-electron chi connectivity index (χ4n) is 3.23. The molecule has 164 valence electrons. The molecule has 0 unspecified atom stereocenters. The second-order valence-electron chi connectivity index (χ2n) is 6.81. The van der Waals surface area contributed by atoms with E-state index in [1.54, 1.807) is 12.1 Å². The van der Waals surface area contributed by atoms with Gasteiger partial charge in [0.25, 0.3) is 0 Å². The van der Waals surface area contributed by atoms with Crippen molar-refractivity contribution in [3.05, 3.63) is 52.3 Å². The van der Waals surface area contributed by atoms with Crippen LogP contribution in [0, 0.1) is 11.7 Å². The van der Waals surface area contributed by atoms with Crippen LogP contribution in [-0.4, -0.2) is 37.8 Å². The molecule has 1 N–H and O–H groups in total. The van der Waals surface area contributed by atoms with E-state index in [0.717, 1.165) is 0 Å². The van der Waals surface area contributed by atoms with Gasteiger partial charge >= 0.3 is 0 Å². The molecule has 0 saturated carbocycles. The Kier molecular flexibility index (Phi) is 7.62. The molecule has 3 rings (SSSR count). The zero-order valence-corrected chi connectivity index (χ0v) is 18.8. The van der Waals surface area contributed by atoms with Gasteiger partial charge < -0.3 is 14.4 Å². The standard InChI is InChI=1S/C22H23BrFN3O4/c1-3-30-19-10-14(9-18(23)21(19)31-4-2)12-25-26-22(29)15-11-20(28)27(13-15)17-7-5-16(24)6-8-17/h5-10,12,15H,3-4,11,13H2,1-2H3,(H,26,29)/b25-12-/t15-/m1/s1. The van der Waals surface area contributed by atoms with Gasteiger partial charge in [-0.2, -0.15) is 5.10 Å². The van der Waals surface area contributed by atoms with Crippen molar-refractivity contribution < 1.29 is 23.5 Å². The molecule has 7 nitrogen and oxygen atoms in total. The molecule has 0 radical (unpaired) electrons. The monoisotopic (exact) mass is 491 g/mol. The van der Waals surface area contributed by atoms with Crippen molar-refractivity contribution in [3.8, 4) is 11.5 Å². The Labute approximate surface area is 188 Å².